The van der Waals surface area contributed by atoms with E-state index in [9.17, 15) is 4.79 Å². The number of hydrogen-bond donors (Lipinski definition) is 2. The highest BCUT2D eigenvalue weighted by Crippen LogP contribution is 2.14. The number of rotatable bonds is 6. The number of benzene rings is 1. The molecule has 2 aromatic rings. The van der Waals surface area contributed by atoms with Crippen LogP contribution in [0.5, 0.6) is 0 Å². The Bertz CT molecular complexity index is 738. The Morgan fingerprint density at radius 2 is 1.86 bits per heavy atom. The van der Waals surface area contributed by atoms with Crippen molar-refractivity contribution < 1.29 is 9.21 Å². The summed E-state index contributed by atoms with van der Waals surface area (Å²) < 4.78 is 5.33. The van der Waals surface area contributed by atoms with Crippen molar-refractivity contribution in [2.45, 2.75) is 39.3 Å². The smallest absolute Gasteiger partial charge is 0.253 e. The number of piperidine rings is 1. The van der Waals surface area contributed by atoms with Gasteiger partial charge in [-0.3, -0.25) is 4.79 Å². The maximum Gasteiger partial charge on any atom is 0.253 e. The van der Waals surface area contributed by atoms with Crippen molar-refractivity contribution in [1.82, 2.24) is 15.5 Å². The SMILES string of the molecule is CCNC(=NCc1ccc(C(=O)N2CCCCC2)cc1)NCc1ccco1.I. The summed E-state index contributed by atoms with van der Waals surface area (Å²) in [5.41, 5.74) is 1.83. The molecule has 0 saturated carbocycles. The quantitative estimate of drug-likeness (QED) is 0.363. The van der Waals surface area contributed by atoms with Crippen LogP contribution in [0.2, 0.25) is 0 Å². The maximum atomic E-state index is 12.5. The summed E-state index contributed by atoms with van der Waals surface area (Å²) >= 11 is 0. The van der Waals surface area contributed by atoms with Crippen LogP contribution in [0.4, 0.5) is 0 Å². The molecule has 2 N–H and O–H groups in total. The van der Waals surface area contributed by atoms with Crippen LogP contribution in [0.25, 0.3) is 0 Å². The van der Waals surface area contributed by atoms with Crippen molar-refractivity contribution in [2.24, 2.45) is 4.99 Å². The van der Waals surface area contributed by atoms with Gasteiger partial charge < -0.3 is 20.0 Å². The fourth-order valence-corrected chi connectivity index (χ4v) is 3.13. The summed E-state index contributed by atoms with van der Waals surface area (Å²) in [7, 11) is 0. The fraction of sp³-hybridized carbons (Fsp3) is 0.429. The molecule has 1 aliphatic heterocycles. The summed E-state index contributed by atoms with van der Waals surface area (Å²) in [6.07, 6.45) is 5.10. The monoisotopic (exact) mass is 496 g/mol. The van der Waals surface area contributed by atoms with Gasteiger partial charge in [0.15, 0.2) is 5.96 Å². The molecule has 28 heavy (non-hydrogen) atoms. The van der Waals surface area contributed by atoms with E-state index in [4.69, 9.17) is 4.42 Å². The summed E-state index contributed by atoms with van der Waals surface area (Å²) in [6, 6.07) is 11.6. The largest absolute Gasteiger partial charge is 0.467 e. The van der Waals surface area contributed by atoms with Crippen LogP contribution in [0.3, 0.4) is 0 Å². The van der Waals surface area contributed by atoms with Gasteiger partial charge in [0.25, 0.3) is 5.91 Å². The third-order valence-electron chi connectivity index (χ3n) is 4.62. The molecule has 1 amide bonds. The van der Waals surface area contributed by atoms with Crippen molar-refractivity contribution in [3.63, 3.8) is 0 Å². The van der Waals surface area contributed by atoms with E-state index in [2.05, 4.69) is 15.6 Å². The molecule has 0 aliphatic carbocycles. The number of carbonyl (C=O) groups is 1. The van der Waals surface area contributed by atoms with Crippen LogP contribution in [0, 0.1) is 0 Å². The van der Waals surface area contributed by atoms with Gasteiger partial charge in [-0.1, -0.05) is 12.1 Å². The van der Waals surface area contributed by atoms with Gasteiger partial charge in [-0.25, -0.2) is 4.99 Å². The first-order valence-corrected chi connectivity index (χ1v) is 9.69. The van der Waals surface area contributed by atoms with Crippen LogP contribution < -0.4 is 10.6 Å². The van der Waals surface area contributed by atoms with E-state index in [-0.39, 0.29) is 29.9 Å². The van der Waals surface area contributed by atoms with E-state index >= 15 is 0 Å². The molecule has 0 radical (unpaired) electrons. The average Bonchev–Trinajstić information content (AvgIpc) is 3.24. The number of nitrogens with zero attached hydrogens (tertiary/aromatic N) is 2. The zero-order valence-electron chi connectivity index (χ0n) is 16.3. The molecule has 0 spiro atoms. The van der Waals surface area contributed by atoms with Crippen molar-refractivity contribution in [3.05, 3.63) is 59.5 Å². The van der Waals surface area contributed by atoms with Crippen molar-refractivity contribution in [2.75, 3.05) is 19.6 Å². The normalized spacial score (nSPS) is 14.3. The molecule has 6 nitrogen and oxygen atoms in total. The van der Waals surface area contributed by atoms with Crippen LogP contribution in [-0.2, 0) is 13.1 Å². The van der Waals surface area contributed by atoms with Crippen LogP contribution in [0.1, 0.15) is 47.9 Å². The molecule has 1 aromatic carbocycles. The first-order valence-electron chi connectivity index (χ1n) is 9.69. The summed E-state index contributed by atoms with van der Waals surface area (Å²) in [5.74, 6) is 1.74. The lowest BCUT2D eigenvalue weighted by Crippen LogP contribution is -2.36. The molecule has 0 atom stereocenters. The highest BCUT2D eigenvalue weighted by Gasteiger charge is 2.17. The van der Waals surface area contributed by atoms with Crippen LogP contribution in [-0.4, -0.2) is 36.4 Å². The lowest BCUT2D eigenvalue weighted by molar-refractivity contribution is 0.0724. The summed E-state index contributed by atoms with van der Waals surface area (Å²) in [6.45, 7) is 5.70. The molecule has 1 saturated heterocycles. The van der Waals surface area contributed by atoms with Crippen LogP contribution >= 0.6 is 24.0 Å². The zero-order valence-corrected chi connectivity index (χ0v) is 18.6. The highest BCUT2D eigenvalue weighted by atomic mass is 127. The van der Waals surface area contributed by atoms with Crippen molar-refractivity contribution in [3.8, 4) is 0 Å². The van der Waals surface area contributed by atoms with Gasteiger partial charge in [0.05, 0.1) is 19.4 Å². The predicted molar refractivity (Wildman–Crippen MR) is 122 cm³/mol. The Kier molecular flexibility index (Phi) is 9.33. The number of carbonyl (C=O) groups excluding carboxylic acids is 1. The number of guanidine groups is 1. The number of halogens is 1. The van der Waals surface area contributed by atoms with E-state index in [1.165, 1.54) is 6.42 Å². The molecular formula is C21H29IN4O2. The van der Waals surface area contributed by atoms with Gasteiger partial charge in [0, 0.05) is 25.2 Å². The summed E-state index contributed by atoms with van der Waals surface area (Å²) in [4.78, 5) is 19.1. The minimum absolute atomic E-state index is 0. The van der Waals surface area contributed by atoms with E-state index < -0.39 is 0 Å². The van der Waals surface area contributed by atoms with Crippen LogP contribution in [0.15, 0.2) is 52.1 Å². The van der Waals surface area contributed by atoms with Crippen molar-refractivity contribution >= 4 is 35.8 Å². The Morgan fingerprint density at radius 3 is 2.50 bits per heavy atom. The van der Waals surface area contributed by atoms with Gasteiger partial charge in [-0.2, -0.15) is 0 Å². The highest BCUT2D eigenvalue weighted by molar-refractivity contribution is 14.0. The Hall–Kier alpha value is -2.03. The summed E-state index contributed by atoms with van der Waals surface area (Å²) in [5, 5.41) is 6.47. The zero-order chi connectivity index (χ0) is 18.9. The number of aliphatic imine (C=N–C) groups is 1. The van der Waals surface area contributed by atoms with E-state index in [0.29, 0.717) is 13.1 Å². The number of likely N-dealkylation sites (tertiary alicyclic amines) is 1. The Labute approximate surface area is 183 Å². The Morgan fingerprint density at radius 1 is 1.11 bits per heavy atom. The van der Waals surface area contributed by atoms with E-state index in [1.807, 2.05) is 48.2 Å². The van der Waals surface area contributed by atoms with Gasteiger partial charge >= 0.3 is 0 Å². The van der Waals surface area contributed by atoms with Crippen molar-refractivity contribution in [1.29, 1.82) is 0 Å². The molecule has 7 heteroatoms. The first kappa shape index (κ1) is 22.3. The molecule has 3 rings (SSSR count). The standard InChI is InChI=1S/C21H28N4O2.HI/c1-2-22-21(24-16-19-7-6-14-27-19)23-15-17-8-10-18(11-9-17)20(26)25-12-4-3-5-13-25;/h6-11,14H,2-5,12-13,15-16H2,1H3,(H2,22,23,24);1H. The van der Waals surface area contributed by atoms with Gasteiger partial charge in [-0.05, 0) is 56.0 Å². The lowest BCUT2D eigenvalue weighted by Gasteiger charge is -2.26. The fourth-order valence-electron chi connectivity index (χ4n) is 3.13. The second kappa shape index (κ2) is 11.7. The molecule has 0 bridgehead atoms. The Balaban J connectivity index is 0.00000280. The second-order valence-corrected chi connectivity index (χ2v) is 6.68. The van der Waals surface area contributed by atoms with Gasteiger partial charge in [-0.15, -0.1) is 24.0 Å². The van der Waals surface area contributed by atoms with Gasteiger partial charge in [0.2, 0.25) is 0 Å². The third kappa shape index (κ3) is 6.54. The maximum absolute atomic E-state index is 12.5. The molecule has 1 fully saturated rings. The topological polar surface area (TPSA) is 69.9 Å². The molecule has 2 heterocycles. The minimum Gasteiger partial charge on any atom is -0.467 e. The molecule has 152 valence electrons. The minimum atomic E-state index is 0. The number of nitrogens with one attached hydrogen (secondary N) is 2. The molecular weight excluding hydrogens is 467 g/mol. The molecule has 0 unspecified atom stereocenters. The number of amides is 1. The number of furan rings is 1. The second-order valence-electron chi connectivity index (χ2n) is 6.68. The average molecular weight is 496 g/mol. The molecule has 1 aliphatic rings. The molecule has 1 aromatic heterocycles. The number of hydrogen-bond acceptors (Lipinski definition) is 3. The first-order chi connectivity index (χ1) is 13.3. The predicted octanol–water partition coefficient (Wildman–Crippen LogP) is 3.78. The van der Waals surface area contributed by atoms with E-state index in [0.717, 1.165) is 55.3 Å². The van der Waals surface area contributed by atoms with E-state index in [1.54, 1.807) is 6.26 Å². The van der Waals surface area contributed by atoms with Gasteiger partial charge in [0.1, 0.15) is 5.76 Å². The third-order valence-corrected chi connectivity index (χ3v) is 4.62. The lowest BCUT2D eigenvalue weighted by atomic mass is 10.1.